The second-order valence-corrected chi connectivity index (χ2v) is 13.8. The fourth-order valence-electron chi connectivity index (χ4n) is 2.75. The van der Waals surface area contributed by atoms with Gasteiger partial charge < -0.3 is 15.0 Å². The molecule has 0 spiro atoms. The molecule has 9 heteroatoms. The zero-order valence-corrected chi connectivity index (χ0v) is 18.1. The van der Waals surface area contributed by atoms with E-state index in [0.717, 1.165) is 6.04 Å². The first-order chi connectivity index (χ1) is 12.8. The third-order valence-electron chi connectivity index (χ3n) is 4.17. The predicted octanol–water partition coefficient (Wildman–Crippen LogP) is 4.02. The molecular formula is C18H21BrN6OSi. The van der Waals surface area contributed by atoms with Gasteiger partial charge in [0.1, 0.15) is 18.6 Å². The number of aromatic nitrogens is 4. The Bertz CT molecular complexity index is 1010. The molecule has 3 rings (SSSR count). The van der Waals surface area contributed by atoms with Crippen LogP contribution in [-0.4, -0.2) is 34.2 Å². The van der Waals surface area contributed by atoms with Crippen LogP contribution in [0.3, 0.4) is 0 Å². The number of nitrogens with two attached hydrogens (primary N) is 1. The van der Waals surface area contributed by atoms with E-state index in [1.54, 1.807) is 18.5 Å². The Labute approximate surface area is 167 Å². The van der Waals surface area contributed by atoms with Crippen LogP contribution in [0.4, 0.5) is 5.82 Å². The number of hydrogen-bond donors (Lipinski definition) is 1. The van der Waals surface area contributed by atoms with Gasteiger partial charge in [-0.2, -0.15) is 5.26 Å². The number of pyridine rings is 1. The minimum absolute atomic E-state index is 0.298. The topological polar surface area (TPSA) is 103 Å². The molecule has 7 nitrogen and oxygen atoms in total. The fraction of sp³-hybridized carbons (Fsp3) is 0.333. The molecule has 27 heavy (non-hydrogen) atoms. The summed E-state index contributed by atoms with van der Waals surface area (Å²) in [5.74, 6) is 0.840. The van der Waals surface area contributed by atoms with Gasteiger partial charge in [-0.15, -0.1) is 0 Å². The average molecular weight is 445 g/mol. The highest BCUT2D eigenvalue weighted by molar-refractivity contribution is 9.10. The van der Waals surface area contributed by atoms with Crippen LogP contribution in [0.5, 0.6) is 0 Å². The minimum Gasteiger partial charge on any atom is -0.383 e. The predicted molar refractivity (Wildman–Crippen MR) is 112 cm³/mol. The summed E-state index contributed by atoms with van der Waals surface area (Å²) in [5.41, 5.74) is 7.98. The van der Waals surface area contributed by atoms with Crippen LogP contribution in [0.25, 0.3) is 22.3 Å². The molecule has 3 aromatic heterocycles. The van der Waals surface area contributed by atoms with Gasteiger partial charge in [-0.05, 0) is 28.0 Å². The first-order valence-electron chi connectivity index (χ1n) is 8.55. The van der Waals surface area contributed by atoms with Crippen molar-refractivity contribution in [1.29, 1.82) is 5.26 Å². The van der Waals surface area contributed by atoms with Gasteiger partial charge in [0.2, 0.25) is 0 Å². The molecule has 0 aliphatic heterocycles. The highest BCUT2D eigenvalue weighted by atomic mass is 79.9. The van der Waals surface area contributed by atoms with E-state index in [2.05, 4.69) is 56.6 Å². The summed E-state index contributed by atoms with van der Waals surface area (Å²) >= 11 is 3.64. The molecule has 0 aromatic carbocycles. The van der Waals surface area contributed by atoms with Crippen LogP contribution in [0.15, 0.2) is 29.3 Å². The molecule has 3 aromatic rings. The van der Waals surface area contributed by atoms with Gasteiger partial charge in [0.15, 0.2) is 5.82 Å². The monoisotopic (exact) mass is 444 g/mol. The Morgan fingerprint density at radius 2 is 1.96 bits per heavy atom. The van der Waals surface area contributed by atoms with E-state index in [1.165, 1.54) is 6.20 Å². The summed E-state index contributed by atoms with van der Waals surface area (Å²) in [5, 5.41) is 10.2. The molecule has 2 N–H and O–H groups in total. The summed E-state index contributed by atoms with van der Waals surface area (Å²) < 4.78 is 8.54. The lowest BCUT2D eigenvalue weighted by molar-refractivity contribution is 0.0889. The Morgan fingerprint density at radius 1 is 1.26 bits per heavy atom. The van der Waals surface area contributed by atoms with E-state index >= 15 is 0 Å². The standard InChI is InChI=1S/C18H21BrN6OSi/c1-27(2,3)8-7-26-11-25-15-12(9-20)10-24-17(21)13(15)14(16(25)19)18-22-5-4-6-23-18/h4-6,10H,7-8,11H2,1-3H3,(H2,21,24). The van der Waals surface area contributed by atoms with Gasteiger partial charge in [0.05, 0.1) is 26.6 Å². The van der Waals surface area contributed by atoms with Crippen LogP contribution in [0.1, 0.15) is 5.56 Å². The number of rotatable bonds is 6. The third-order valence-corrected chi connectivity index (χ3v) is 6.70. The second-order valence-electron chi connectivity index (χ2n) is 7.41. The van der Waals surface area contributed by atoms with Crippen LogP contribution in [0.2, 0.25) is 25.7 Å². The van der Waals surface area contributed by atoms with E-state index in [0.29, 0.717) is 51.6 Å². The minimum atomic E-state index is -1.19. The van der Waals surface area contributed by atoms with E-state index in [-0.39, 0.29) is 0 Å². The fourth-order valence-corrected chi connectivity index (χ4v) is 4.16. The zero-order valence-electron chi connectivity index (χ0n) is 15.5. The van der Waals surface area contributed by atoms with E-state index in [9.17, 15) is 5.26 Å². The molecule has 0 radical (unpaired) electrons. The summed E-state index contributed by atoms with van der Waals surface area (Å²) in [6.45, 7) is 7.89. The van der Waals surface area contributed by atoms with Crippen molar-refractivity contribution in [2.45, 2.75) is 32.4 Å². The quantitative estimate of drug-likeness (QED) is 0.454. The summed E-state index contributed by atoms with van der Waals surface area (Å²) in [7, 11) is -1.19. The molecule has 140 valence electrons. The highest BCUT2D eigenvalue weighted by Gasteiger charge is 2.24. The first-order valence-corrected chi connectivity index (χ1v) is 13.0. The number of ether oxygens (including phenoxy) is 1. The van der Waals surface area contributed by atoms with Crippen molar-refractivity contribution in [1.82, 2.24) is 19.5 Å². The number of nitrogen functional groups attached to an aromatic ring is 1. The molecule has 0 aliphatic rings. The second kappa shape index (κ2) is 7.76. The Morgan fingerprint density at radius 3 is 2.59 bits per heavy atom. The molecular weight excluding hydrogens is 424 g/mol. The molecule has 0 saturated heterocycles. The van der Waals surface area contributed by atoms with Crippen molar-refractivity contribution in [3.05, 3.63) is 34.8 Å². The van der Waals surface area contributed by atoms with Crippen molar-refractivity contribution >= 4 is 40.7 Å². The molecule has 3 heterocycles. The van der Waals surface area contributed by atoms with Crippen LogP contribution < -0.4 is 5.73 Å². The van der Waals surface area contributed by atoms with E-state index in [1.807, 2.05) is 4.57 Å². The van der Waals surface area contributed by atoms with Gasteiger partial charge >= 0.3 is 0 Å². The zero-order chi connectivity index (χ0) is 19.6. The number of nitrogens with zero attached hydrogens (tertiary/aromatic N) is 5. The molecule has 0 aliphatic carbocycles. The Balaban J connectivity index is 2.12. The maximum Gasteiger partial charge on any atom is 0.162 e. The molecule has 0 fully saturated rings. The van der Waals surface area contributed by atoms with Crippen molar-refractivity contribution in [2.75, 3.05) is 12.3 Å². The van der Waals surface area contributed by atoms with Crippen LogP contribution in [-0.2, 0) is 11.5 Å². The van der Waals surface area contributed by atoms with Gasteiger partial charge in [-0.3, -0.25) is 0 Å². The summed E-state index contributed by atoms with van der Waals surface area (Å²) in [4.78, 5) is 12.9. The lowest BCUT2D eigenvalue weighted by Gasteiger charge is -2.16. The Kier molecular flexibility index (Phi) is 5.60. The molecule has 0 unspecified atom stereocenters. The van der Waals surface area contributed by atoms with E-state index in [4.69, 9.17) is 10.5 Å². The van der Waals surface area contributed by atoms with Crippen LogP contribution >= 0.6 is 15.9 Å². The number of hydrogen-bond acceptors (Lipinski definition) is 6. The Hall–Kier alpha value is -2.28. The average Bonchev–Trinajstić information content (AvgIpc) is 2.92. The van der Waals surface area contributed by atoms with E-state index < -0.39 is 8.07 Å². The molecule has 0 amide bonds. The normalized spacial score (nSPS) is 11.7. The largest absolute Gasteiger partial charge is 0.383 e. The molecule has 0 bridgehead atoms. The lowest BCUT2D eigenvalue weighted by atomic mass is 10.1. The smallest absolute Gasteiger partial charge is 0.162 e. The maximum atomic E-state index is 9.57. The number of nitriles is 1. The van der Waals surface area contributed by atoms with Crippen molar-refractivity contribution in [3.8, 4) is 17.5 Å². The number of halogens is 1. The van der Waals surface area contributed by atoms with Gasteiger partial charge in [0.25, 0.3) is 0 Å². The van der Waals surface area contributed by atoms with Crippen molar-refractivity contribution in [2.24, 2.45) is 0 Å². The van der Waals surface area contributed by atoms with Gasteiger partial charge in [0, 0.05) is 33.3 Å². The highest BCUT2D eigenvalue weighted by Crippen LogP contribution is 2.40. The van der Waals surface area contributed by atoms with Crippen LogP contribution in [0, 0.1) is 11.3 Å². The third kappa shape index (κ3) is 4.02. The first kappa shape index (κ1) is 19.5. The van der Waals surface area contributed by atoms with Gasteiger partial charge in [-0.1, -0.05) is 19.6 Å². The lowest BCUT2D eigenvalue weighted by Crippen LogP contribution is -2.22. The SMILES string of the molecule is C[Si](C)(C)CCOCn1c(Br)c(-c2ncccn2)c2c(N)ncc(C#N)c21. The maximum absolute atomic E-state index is 9.57. The number of fused-ring (bicyclic) bond motifs is 1. The summed E-state index contributed by atoms with van der Waals surface area (Å²) in [6, 6.07) is 5.01. The number of anilines is 1. The van der Waals surface area contributed by atoms with Gasteiger partial charge in [-0.25, -0.2) is 15.0 Å². The van der Waals surface area contributed by atoms with Crippen molar-refractivity contribution in [3.63, 3.8) is 0 Å². The summed E-state index contributed by atoms with van der Waals surface area (Å²) in [6.07, 6.45) is 4.82. The molecule has 0 atom stereocenters. The van der Waals surface area contributed by atoms with Crippen molar-refractivity contribution < 1.29 is 4.74 Å². The molecule has 0 saturated carbocycles.